The molecule has 1 N–H and O–H groups in total. The van der Waals surface area contributed by atoms with Crippen molar-refractivity contribution in [2.24, 2.45) is 0 Å². The minimum absolute atomic E-state index is 0.215. The van der Waals surface area contributed by atoms with E-state index in [1.54, 1.807) is 25.4 Å². The molecule has 0 saturated heterocycles. The number of nitrogens with zero attached hydrogens (tertiary/aromatic N) is 2. The van der Waals surface area contributed by atoms with E-state index >= 15 is 0 Å². The number of nitrogens with one attached hydrogen (secondary N) is 1. The van der Waals surface area contributed by atoms with E-state index in [-0.39, 0.29) is 5.82 Å². The summed E-state index contributed by atoms with van der Waals surface area (Å²) in [6.45, 7) is 2.22. The Balaban J connectivity index is 1.93. The number of methoxy groups -OCH3 is 1. The van der Waals surface area contributed by atoms with Gasteiger partial charge in [0.15, 0.2) is 0 Å². The first-order valence-electron chi connectivity index (χ1n) is 6.28. The normalized spacial score (nSPS) is 10.6. The molecule has 0 fully saturated rings. The predicted molar refractivity (Wildman–Crippen MR) is 72.7 cm³/mol. The molecule has 102 valence electrons. The van der Waals surface area contributed by atoms with Crippen LogP contribution in [0.2, 0.25) is 0 Å². The maximum atomic E-state index is 12.8. The van der Waals surface area contributed by atoms with Crippen molar-refractivity contribution in [3.05, 3.63) is 48.0 Å². The molecular formula is C14H18FN3O. The summed E-state index contributed by atoms with van der Waals surface area (Å²) in [5, 5.41) is 3.26. The Bertz CT molecular complexity index is 496. The van der Waals surface area contributed by atoms with E-state index in [1.807, 2.05) is 10.8 Å². The van der Waals surface area contributed by atoms with Gasteiger partial charge >= 0.3 is 0 Å². The lowest BCUT2D eigenvalue weighted by Crippen LogP contribution is -2.10. The van der Waals surface area contributed by atoms with Gasteiger partial charge in [0.2, 0.25) is 5.95 Å². The van der Waals surface area contributed by atoms with Crippen molar-refractivity contribution >= 4 is 5.95 Å². The van der Waals surface area contributed by atoms with Crippen molar-refractivity contribution in [3.8, 4) is 0 Å². The Kier molecular flexibility index (Phi) is 4.92. The Hall–Kier alpha value is -1.88. The van der Waals surface area contributed by atoms with Gasteiger partial charge in [-0.3, -0.25) is 0 Å². The maximum absolute atomic E-state index is 12.8. The van der Waals surface area contributed by atoms with E-state index in [4.69, 9.17) is 4.74 Å². The molecule has 1 aromatic carbocycles. The number of aromatic nitrogens is 2. The maximum Gasteiger partial charge on any atom is 0.203 e. The average molecular weight is 263 g/mol. The van der Waals surface area contributed by atoms with Gasteiger partial charge in [-0.25, -0.2) is 9.37 Å². The van der Waals surface area contributed by atoms with Gasteiger partial charge in [-0.15, -0.1) is 0 Å². The first-order chi connectivity index (χ1) is 9.29. The van der Waals surface area contributed by atoms with Crippen LogP contribution in [0, 0.1) is 5.82 Å². The second kappa shape index (κ2) is 6.89. The van der Waals surface area contributed by atoms with Crippen LogP contribution in [0.5, 0.6) is 0 Å². The number of hydrogen-bond acceptors (Lipinski definition) is 3. The van der Waals surface area contributed by atoms with Gasteiger partial charge in [0.25, 0.3) is 0 Å². The molecule has 0 aliphatic carbocycles. The lowest BCUT2D eigenvalue weighted by molar-refractivity contribution is 0.197. The van der Waals surface area contributed by atoms with Crippen molar-refractivity contribution in [2.75, 3.05) is 25.6 Å². The van der Waals surface area contributed by atoms with Gasteiger partial charge in [-0.1, -0.05) is 12.1 Å². The van der Waals surface area contributed by atoms with Gasteiger partial charge < -0.3 is 14.6 Å². The summed E-state index contributed by atoms with van der Waals surface area (Å²) in [6.07, 6.45) is 4.59. The van der Waals surface area contributed by atoms with Crippen molar-refractivity contribution in [3.63, 3.8) is 0 Å². The number of rotatable bonds is 7. The Morgan fingerprint density at radius 3 is 2.84 bits per heavy atom. The highest BCUT2D eigenvalue weighted by Gasteiger charge is 2.03. The van der Waals surface area contributed by atoms with E-state index < -0.39 is 0 Å². The smallest absolute Gasteiger partial charge is 0.203 e. The molecule has 0 amide bonds. The summed E-state index contributed by atoms with van der Waals surface area (Å²) >= 11 is 0. The molecule has 2 aromatic rings. The molecule has 0 atom stereocenters. The number of anilines is 1. The summed E-state index contributed by atoms with van der Waals surface area (Å²) in [7, 11) is 1.69. The van der Waals surface area contributed by atoms with Gasteiger partial charge in [0.05, 0.1) is 6.54 Å². The van der Waals surface area contributed by atoms with Crippen LogP contribution < -0.4 is 5.32 Å². The molecule has 0 aliphatic heterocycles. The third-order valence-electron chi connectivity index (χ3n) is 2.79. The molecule has 0 aliphatic rings. The second-order valence-corrected chi connectivity index (χ2v) is 4.28. The topological polar surface area (TPSA) is 39.1 Å². The molecule has 0 unspecified atom stereocenters. The van der Waals surface area contributed by atoms with Crippen LogP contribution >= 0.6 is 0 Å². The molecule has 5 heteroatoms. The van der Waals surface area contributed by atoms with E-state index in [2.05, 4.69) is 10.3 Å². The zero-order valence-electron chi connectivity index (χ0n) is 11.0. The molecule has 0 spiro atoms. The molecule has 4 nitrogen and oxygen atoms in total. The number of benzene rings is 1. The van der Waals surface area contributed by atoms with Crippen LogP contribution in [0.15, 0.2) is 36.7 Å². The lowest BCUT2D eigenvalue weighted by atomic mass is 10.2. The lowest BCUT2D eigenvalue weighted by Gasteiger charge is -2.09. The Morgan fingerprint density at radius 2 is 2.11 bits per heavy atom. The number of ether oxygens (including phenoxy) is 1. The zero-order chi connectivity index (χ0) is 13.5. The van der Waals surface area contributed by atoms with Crippen molar-refractivity contribution in [2.45, 2.75) is 13.0 Å². The summed E-state index contributed by atoms with van der Waals surface area (Å²) < 4.78 is 19.8. The van der Waals surface area contributed by atoms with Crippen molar-refractivity contribution in [1.82, 2.24) is 9.55 Å². The van der Waals surface area contributed by atoms with E-state index in [0.29, 0.717) is 6.54 Å². The van der Waals surface area contributed by atoms with Crippen molar-refractivity contribution in [1.29, 1.82) is 0 Å². The van der Waals surface area contributed by atoms with Crippen molar-refractivity contribution < 1.29 is 9.13 Å². The van der Waals surface area contributed by atoms with Crippen LogP contribution in [0.4, 0.5) is 10.3 Å². The fraction of sp³-hybridized carbons (Fsp3) is 0.357. The van der Waals surface area contributed by atoms with Crippen LogP contribution in [0.3, 0.4) is 0 Å². The number of hydrogen-bond donors (Lipinski definition) is 1. The molecule has 0 saturated carbocycles. The van der Waals surface area contributed by atoms with Crippen LogP contribution in [0.25, 0.3) is 0 Å². The summed E-state index contributed by atoms with van der Waals surface area (Å²) in [5.74, 6) is 0.604. The van der Waals surface area contributed by atoms with Crippen LogP contribution in [-0.4, -0.2) is 29.8 Å². The van der Waals surface area contributed by atoms with Crippen LogP contribution in [0.1, 0.15) is 12.0 Å². The third kappa shape index (κ3) is 4.06. The fourth-order valence-electron chi connectivity index (χ4n) is 1.81. The molecule has 1 heterocycles. The monoisotopic (exact) mass is 263 g/mol. The standard InChI is InChI=1S/C14H18FN3O/c1-19-10-2-7-16-14-17-8-9-18(14)11-12-3-5-13(15)6-4-12/h3-6,8-9H,2,7,10-11H2,1H3,(H,16,17). The molecule has 19 heavy (non-hydrogen) atoms. The van der Waals surface area contributed by atoms with E-state index in [0.717, 1.165) is 31.1 Å². The molecule has 0 radical (unpaired) electrons. The molecule has 1 aromatic heterocycles. The summed E-state index contributed by atoms with van der Waals surface area (Å²) in [5.41, 5.74) is 1.04. The highest BCUT2D eigenvalue weighted by Crippen LogP contribution is 2.10. The Labute approximate surface area is 112 Å². The minimum Gasteiger partial charge on any atom is -0.385 e. The zero-order valence-corrected chi connectivity index (χ0v) is 11.0. The molecule has 0 bridgehead atoms. The van der Waals surface area contributed by atoms with Gasteiger partial charge in [-0.2, -0.15) is 0 Å². The fourth-order valence-corrected chi connectivity index (χ4v) is 1.81. The second-order valence-electron chi connectivity index (χ2n) is 4.28. The highest BCUT2D eigenvalue weighted by atomic mass is 19.1. The quantitative estimate of drug-likeness (QED) is 0.780. The van der Waals surface area contributed by atoms with Gasteiger partial charge in [0.1, 0.15) is 5.82 Å². The van der Waals surface area contributed by atoms with Gasteiger partial charge in [-0.05, 0) is 24.1 Å². The third-order valence-corrected chi connectivity index (χ3v) is 2.79. The summed E-state index contributed by atoms with van der Waals surface area (Å²) in [6, 6.07) is 6.50. The number of halogens is 1. The largest absolute Gasteiger partial charge is 0.385 e. The highest BCUT2D eigenvalue weighted by molar-refractivity contribution is 5.28. The first-order valence-corrected chi connectivity index (χ1v) is 6.28. The van der Waals surface area contributed by atoms with Crippen LogP contribution in [-0.2, 0) is 11.3 Å². The minimum atomic E-state index is -0.215. The molecule has 2 rings (SSSR count). The summed E-state index contributed by atoms with van der Waals surface area (Å²) in [4.78, 5) is 4.26. The Morgan fingerprint density at radius 1 is 1.32 bits per heavy atom. The SMILES string of the molecule is COCCCNc1nccn1Cc1ccc(F)cc1. The average Bonchev–Trinajstić information content (AvgIpc) is 2.85. The predicted octanol–water partition coefficient (Wildman–Crippen LogP) is 2.52. The van der Waals surface area contributed by atoms with Gasteiger partial charge in [0, 0.05) is 32.7 Å². The number of imidazole rings is 1. The molecular weight excluding hydrogens is 245 g/mol. The first kappa shape index (κ1) is 13.5. The van der Waals surface area contributed by atoms with E-state index in [1.165, 1.54) is 12.1 Å². The van der Waals surface area contributed by atoms with E-state index in [9.17, 15) is 4.39 Å².